The molecular weight excluding hydrogens is 424 g/mol. The predicted molar refractivity (Wildman–Crippen MR) is 135 cm³/mol. The van der Waals surface area contributed by atoms with Gasteiger partial charge in [-0.15, -0.1) is 0 Å². The van der Waals surface area contributed by atoms with Gasteiger partial charge in [0.1, 0.15) is 11.4 Å². The molecule has 0 saturated carbocycles. The Morgan fingerprint density at radius 1 is 0.824 bits per heavy atom. The molecule has 5 nitrogen and oxygen atoms in total. The summed E-state index contributed by atoms with van der Waals surface area (Å²) in [6.07, 6.45) is 0.831. The monoisotopic (exact) mass is 452 g/mol. The second-order valence-corrected chi connectivity index (χ2v) is 9.73. The van der Waals surface area contributed by atoms with Gasteiger partial charge in [-0.05, 0) is 58.9 Å². The first-order valence-electron chi connectivity index (χ1n) is 11.5. The fourth-order valence-electron chi connectivity index (χ4n) is 4.70. The van der Waals surface area contributed by atoms with E-state index in [2.05, 4.69) is 26.8 Å². The van der Waals surface area contributed by atoms with E-state index in [0.29, 0.717) is 34.8 Å². The highest BCUT2D eigenvalue weighted by Gasteiger charge is 2.44. The Bertz CT molecular complexity index is 1300. The van der Waals surface area contributed by atoms with Crippen LogP contribution in [0.5, 0.6) is 5.75 Å². The number of carbonyl (C=O) groups is 2. The van der Waals surface area contributed by atoms with Crippen molar-refractivity contribution in [1.82, 2.24) is 0 Å². The topological polar surface area (TPSA) is 49.9 Å². The maximum Gasteiger partial charge on any atom is 0.282 e. The van der Waals surface area contributed by atoms with Crippen molar-refractivity contribution in [1.29, 1.82) is 0 Å². The first kappa shape index (κ1) is 22.0. The quantitative estimate of drug-likeness (QED) is 0.502. The number of hydrogen-bond donors (Lipinski definition) is 0. The van der Waals surface area contributed by atoms with Gasteiger partial charge in [0.15, 0.2) is 0 Å². The molecule has 34 heavy (non-hydrogen) atoms. The number of imide groups is 1. The SMILES string of the molecule is COc1ccc(C2=C(N3CCc4ccccc43)C(=O)N(c3ccc(C(C)(C)C)cc3)C2=O)cc1. The summed E-state index contributed by atoms with van der Waals surface area (Å²) in [4.78, 5) is 31.0. The average Bonchev–Trinajstić information content (AvgIpc) is 3.36. The van der Waals surface area contributed by atoms with E-state index in [1.165, 1.54) is 10.5 Å². The van der Waals surface area contributed by atoms with E-state index in [-0.39, 0.29) is 17.2 Å². The molecule has 2 aliphatic heterocycles. The Morgan fingerprint density at radius 3 is 2.15 bits per heavy atom. The Hall–Kier alpha value is -3.86. The maximum atomic E-state index is 13.9. The van der Waals surface area contributed by atoms with Crippen LogP contribution in [-0.2, 0) is 21.4 Å². The van der Waals surface area contributed by atoms with Gasteiger partial charge in [0.25, 0.3) is 11.8 Å². The van der Waals surface area contributed by atoms with Gasteiger partial charge in [-0.3, -0.25) is 9.59 Å². The van der Waals surface area contributed by atoms with E-state index in [9.17, 15) is 9.59 Å². The predicted octanol–water partition coefficient (Wildman–Crippen LogP) is 5.34. The van der Waals surface area contributed by atoms with E-state index in [1.54, 1.807) is 7.11 Å². The summed E-state index contributed by atoms with van der Waals surface area (Å²) >= 11 is 0. The summed E-state index contributed by atoms with van der Waals surface area (Å²) in [5, 5.41) is 0. The maximum absolute atomic E-state index is 13.9. The van der Waals surface area contributed by atoms with Gasteiger partial charge in [0, 0.05) is 12.2 Å². The Kier molecular flexibility index (Phi) is 5.28. The minimum absolute atomic E-state index is 0.0194. The molecule has 3 aromatic rings. The van der Waals surface area contributed by atoms with Gasteiger partial charge in [-0.25, -0.2) is 4.90 Å². The van der Waals surface area contributed by atoms with Gasteiger partial charge in [0.05, 0.1) is 18.4 Å². The molecule has 0 atom stereocenters. The van der Waals surface area contributed by atoms with Crippen molar-refractivity contribution in [2.75, 3.05) is 23.5 Å². The van der Waals surface area contributed by atoms with Crippen LogP contribution in [0.1, 0.15) is 37.5 Å². The Morgan fingerprint density at radius 2 is 1.50 bits per heavy atom. The first-order valence-corrected chi connectivity index (χ1v) is 11.5. The number of hydrogen-bond acceptors (Lipinski definition) is 4. The molecule has 0 bridgehead atoms. The smallest absolute Gasteiger partial charge is 0.282 e. The van der Waals surface area contributed by atoms with Crippen LogP contribution in [-0.4, -0.2) is 25.5 Å². The van der Waals surface area contributed by atoms with Crippen molar-refractivity contribution >= 4 is 28.8 Å². The molecular formula is C29H28N2O3. The zero-order valence-electron chi connectivity index (χ0n) is 20.0. The molecule has 172 valence electrons. The van der Waals surface area contributed by atoms with E-state index >= 15 is 0 Å². The first-order chi connectivity index (χ1) is 16.3. The minimum Gasteiger partial charge on any atom is -0.497 e. The summed E-state index contributed by atoms with van der Waals surface area (Å²) in [6, 6.07) is 23.1. The van der Waals surface area contributed by atoms with Crippen LogP contribution in [0.2, 0.25) is 0 Å². The molecule has 0 N–H and O–H groups in total. The Labute approximate surface area is 200 Å². The standard InChI is InChI=1S/C29H28N2O3/c1-29(2,3)21-11-13-22(14-12-21)31-27(32)25(20-9-15-23(34-4)16-10-20)26(28(31)33)30-18-17-19-7-5-6-8-24(19)30/h5-16H,17-18H2,1-4H3. The minimum atomic E-state index is -0.307. The van der Waals surface area contributed by atoms with Crippen molar-refractivity contribution in [3.05, 3.63) is 95.2 Å². The second-order valence-electron chi connectivity index (χ2n) is 9.73. The number of nitrogens with zero attached hydrogens (tertiary/aromatic N) is 2. The lowest BCUT2D eigenvalue weighted by molar-refractivity contribution is -0.120. The molecule has 0 radical (unpaired) electrons. The number of fused-ring (bicyclic) bond motifs is 1. The van der Waals surface area contributed by atoms with Crippen LogP contribution in [0.15, 0.2) is 78.5 Å². The molecule has 3 aromatic carbocycles. The summed E-state index contributed by atoms with van der Waals surface area (Å²) in [7, 11) is 1.61. The lowest BCUT2D eigenvalue weighted by Crippen LogP contribution is -2.35. The van der Waals surface area contributed by atoms with Gasteiger partial charge in [-0.2, -0.15) is 0 Å². The molecule has 2 amide bonds. The number of carbonyl (C=O) groups excluding carboxylic acids is 2. The van der Waals surface area contributed by atoms with Crippen molar-refractivity contribution < 1.29 is 14.3 Å². The molecule has 2 aliphatic rings. The summed E-state index contributed by atoms with van der Waals surface area (Å²) < 4.78 is 5.29. The van der Waals surface area contributed by atoms with Gasteiger partial charge >= 0.3 is 0 Å². The highest BCUT2D eigenvalue weighted by molar-refractivity contribution is 6.46. The van der Waals surface area contributed by atoms with Crippen LogP contribution in [0, 0.1) is 0 Å². The third-order valence-electron chi connectivity index (χ3n) is 6.59. The van der Waals surface area contributed by atoms with Crippen LogP contribution in [0.4, 0.5) is 11.4 Å². The fraction of sp³-hybridized carbons (Fsp3) is 0.241. The summed E-state index contributed by atoms with van der Waals surface area (Å²) in [5.74, 6) is 0.0953. The molecule has 0 unspecified atom stereocenters. The van der Waals surface area contributed by atoms with Crippen LogP contribution in [0.3, 0.4) is 0 Å². The number of methoxy groups -OCH3 is 1. The molecule has 0 aliphatic carbocycles. The molecule has 0 aromatic heterocycles. The molecule has 5 heteroatoms. The fourth-order valence-corrected chi connectivity index (χ4v) is 4.70. The van der Waals surface area contributed by atoms with Crippen LogP contribution < -0.4 is 14.5 Å². The van der Waals surface area contributed by atoms with Gasteiger partial charge in [0.2, 0.25) is 0 Å². The summed E-state index contributed by atoms with van der Waals surface area (Å²) in [6.45, 7) is 7.07. The van der Waals surface area contributed by atoms with Crippen molar-refractivity contribution in [3.8, 4) is 5.75 Å². The Balaban J connectivity index is 1.62. The van der Waals surface area contributed by atoms with E-state index < -0.39 is 0 Å². The van der Waals surface area contributed by atoms with Gasteiger partial charge < -0.3 is 9.64 Å². The number of benzene rings is 3. The molecule has 0 spiro atoms. The van der Waals surface area contributed by atoms with Crippen LogP contribution in [0.25, 0.3) is 5.57 Å². The number of anilines is 2. The highest BCUT2D eigenvalue weighted by atomic mass is 16.5. The zero-order valence-corrected chi connectivity index (χ0v) is 20.0. The highest BCUT2D eigenvalue weighted by Crippen LogP contribution is 2.40. The second kappa shape index (κ2) is 8.17. The zero-order chi connectivity index (χ0) is 24.0. The largest absolute Gasteiger partial charge is 0.497 e. The molecule has 0 fully saturated rings. The number of para-hydroxylation sites is 1. The third-order valence-corrected chi connectivity index (χ3v) is 6.59. The van der Waals surface area contributed by atoms with Crippen molar-refractivity contribution in [2.24, 2.45) is 0 Å². The van der Waals surface area contributed by atoms with E-state index in [0.717, 1.165) is 17.7 Å². The lowest BCUT2D eigenvalue weighted by atomic mass is 9.87. The third kappa shape index (κ3) is 3.58. The van der Waals surface area contributed by atoms with Gasteiger partial charge in [-0.1, -0.05) is 63.2 Å². The van der Waals surface area contributed by atoms with E-state index in [1.807, 2.05) is 71.6 Å². The average molecular weight is 453 g/mol. The van der Waals surface area contributed by atoms with Crippen molar-refractivity contribution in [2.45, 2.75) is 32.6 Å². The number of ether oxygens (including phenoxy) is 1. The number of amides is 2. The summed E-state index contributed by atoms with van der Waals surface area (Å²) in [5.41, 5.74) is 5.42. The number of rotatable bonds is 4. The lowest BCUT2D eigenvalue weighted by Gasteiger charge is -2.23. The van der Waals surface area contributed by atoms with E-state index in [4.69, 9.17) is 4.74 Å². The molecule has 2 heterocycles. The van der Waals surface area contributed by atoms with Crippen molar-refractivity contribution in [3.63, 3.8) is 0 Å². The molecule has 5 rings (SSSR count). The normalized spacial score (nSPS) is 15.9. The molecule has 0 saturated heterocycles. The van der Waals surface area contributed by atoms with Crippen LogP contribution >= 0.6 is 0 Å².